The van der Waals surface area contributed by atoms with Gasteiger partial charge in [-0.25, -0.2) is 0 Å². The summed E-state index contributed by atoms with van der Waals surface area (Å²) in [6, 6.07) is 19.6. The van der Waals surface area contributed by atoms with Crippen LogP contribution in [-0.4, -0.2) is 7.11 Å². The van der Waals surface area contributed by atoms with E-state index in [2.05, 4.69) is 0 Å². The molecule has 2 N–H and O–H groups in total. The topological polar surface area (TPSA) is 44.5 Å². The molecule has 0 aliphatic carbocycles. The molecule has 3 aromatic rings. The summed E-state index contributed by atoms with van der Waals surface area (Å²) < 4.78 is 11.3. The molecule has 0 spiro atoms. The fraction of sp³-hybridized carbons (Fsp3) is 0.111. The van der Waals surface area contributed by atoms with Gasteiger partial charge in [-0.15, -0.1) is 0 Å². The Morgan fingerprint density at radius 3 is 2.33 bits per heavy atom. The van der Waals surface area contributed by atoms with Gasteiger partial charge in [0, 0.05) is 22.0 Å². The molecule has 3 aromatic carbocycles. The fourth-order valence-corrected chi connectivity index (χ4v) is 2.40. The molecule has 21 heavy (non-hydrogen) atoms. The normalized spacial score (nSPS) is 10.5. The van der Waals surface area contributed by atoms with Crippen molar-refractivity contribution in [2.75, 3.05) is 12.8 Å². The van der Waals surface area contributed by atoms with Crippen LogP contribution in [0.1, 0.15) is 5.56 Å². The first kappa shape index (κ1) is 13.3. The molecule has 0 radical (unpaired) electrons. The maximum absolute atomic E-state index is 6.00. The summed E-state index contributed by atoms with van der Waals surface area (Å²) in [7, 11) is 1.66. The van der Waals surface area contributed by atoms with Crippen molar-refractivity contribution >= 4 is 16.5 Å². The minimum Gasteiger partial charge on any atom is -0.496 e. The molecule has 0 atom stereocenters. The Kier molecular flexibility index (Phi) is 3.65. The Morgan fingerprint density at radius 1 is 0.810 bits per heavy atom. The van der Waals surface area contributed by atoms with Gasteiger partial charge >= 0.3 is 0 Å². The number of nitrogens with two attached hydrogens (primary N) is 1. The molecule has 0 bridgehead atoms. The van der Waals surface area contributed by atoms with Gasteiger partial charge in [0.25, 0.3) is 0 Å². The maximum atomic E-state index is 6.00. The number of hydrogen-bond acceptors (Lipinski definition) is 3. The van der Waals surface area contributed by atoms with Crippen LogP contribution >= 0.6 is 0 Å². The maximum Gasteiger partial charge on any atom is 0.127 e. The third-order valence-electron chi connectivity index (χ3n) is 3.49. The van der Waals surface area contributed by atoms with Crippen LogP contribution in [0, 0.1) is 0 Å². The van der Waals surface area contributed by atoms with Crippen LogP contribution in [0.25, 0.3) is 10.8 Å². The molecule has 106 valence electrons. The van der Waals surface area contributed by atoms with E-state index in [-0.39, 0.29) is 0 Å². The molecule has 0 aliphatic rings. The van der Waals surface area contributed by atoms with Gasteiger partial charge in [0.05, 0.1) is 7.11 Å². The van der Waals surface area contributed by atoms with Crippen molar-refractivity contribution < 1.29 is 9.47 Å². The summed E-state index contributed by atoms with van der Waals surface area (Å²) in [5.74, 6) is 1.66. The Labute approximate surface area is 123 Å². The van der Waals surface area contributed by atoms with Crippen molar-refractivity contribution in [2.45, 2.75) is 6.61 Å². The van der Waals surface area contributed by atoms with E-state index in [0.717, 1.165) is 33.5 Å². The smallest absolute Gasteiger partial charge is 0.127 e. The zero-order valence-corrected chi connectivity index (χ0v) is 11.9. The molecule has 3 nitrogen and oxygen atoms in total. The van der Waals surface area contributed by atoms with Crippen molar-refractivity contribution in [3.05, 3.63) is 66.2 Å². The number of methoxy groups -OCH3 is 1. The Morgan fingerprint density at radius 2 is 1.52 bits per heavy atom. The molecular formula is C18H17NO2. The summed E-state index contributed by atoms with van der Waals surface area (Å²) in [4.78, 5) is 0. The molecular weight excluding hydrogens is 262 g/mol. The lowest BCUT2D eigenvalue weighted by Gasteiger charge is -2.12. The van der Waals surface area contributed by atoms with Crippen molar-refractivity contribution in [1.82, 2.24) is 0 Å². The highest BCUT2D eigenvalue weighted by molar-refractivity contribution is 5.96. The second-order valence-corrected chi connectivity index (χ2v) is 4.80. The third kappa shape index (κ3) is 2.63. The van der Waals surface area contributed by atoms with Gasteiger partial charge in [0.15, 0.2) is 0 Å². The van der Waals surface area contributed by atoms with Crippen molar-refractivity contribution in [1.29, 1.82) is 0 Å². The molecule has 0 aliphatic heterocycles. The molecule has 0 fully saturated rings. The monoisotopic (exact) mass is 279 g/mol. The lowest BCUT2D eigenvalue weighted by atomic mass is 10.1. The molecule has 0 unspecified atom stereocenters. The summed E-state index contributed by atoms with van der Waals surface area (Å²) in [6.07, 6.45) is 0. The van der Waals surface area contributed by atoms with Crippen molar-refractivity contribution in [2.24, 2.45) is 0 Å². The first-order valence-corrected chi connectivity index (χ1v) is 6.81. The van der Waals surface area contributed by atoms with Gasteiger partial charge < -0.3 is 15.2 Å². The van der Waals surface area contributed by atoms with Gasteiger partial charge in [-0.1, -0.05) is 42.5 Å². The molecule has 0 heterocycles. The Hall–Kier alpha value is -2.68. The van der Waals surface area contributed by atoms with E-state index in [9.17, 15) is 0 Å². The predicted octanol–water partition coefficient (Wildman–Crippen LogP) is 4.01. The average molecular weight is 279 g/mol. The van der Waals surface area contributed by atoms with E-state index >= 15 is 0 Å². The third-order valence-corrected chi connectivity index (χ3v) is 3.49. The lowest BCUT2D eigenvalue weighted by Crippen LogP contribution is -1.99. The Bertz CT molecular complexity index is 768. The van der Waals surface area contributed by atoms with Gasteiger partial charge in [0.2, 0.25) is 0 Å². The average Bonchev–Trinajstić information content (AvgIpc) is 2.55. The number of fused-ring (bicyclic) bond motifs is 1. The summed E-state index contributed by atoms with van der Waals surface area (Å²) in [6.45, 7) is 0.456. The molecule has 3 rings (SSSR count). The number of benzene rings is 3. The summed E-state index contributed by atoms with van der Waals surface area (Å²) >= 11 is 0. The highest BCUT2D eigenvalue weighted by atomic mass is 16.5. The fourth-order valence-electron chi connectivity index (χ4n) is 2.40. The van der Waals surface area contributed by atoms with Crippen LogP contribution in [0.2, 0.25) is 0 Å². The molecule has 0 aromatic heterocycles. The Balaban J connectivity index is 1.91. The number of hydrogen-bond donors (Lipinski definition) is 1. The van der Waals surface area contributed by atoms with E-state index in [1.165, 1.54) is 0 Å². The van der Waals surface area contributed by atoms with Crippen LogP contribution in [0.3, 0.4) is 0 Å². The highest BCUT2D eigenvalue weighted by Gasteiger charge is 2.07. The summed E-state index contributed by atoms with van der Waals surface area (Å²) in [5, 5.41) is 2.03. The van der Waals surface area contributed by atoms with Crippen LogP contribution in [0.5, 0.6) is 11.5 Å². The van der Waals surface area contributed by atoms with Gasteiger partial charge in [-0.2, -0.15) is 0 Å². The minimum atomic E-state index is 0.456. The zero-order valence-electron chi connectivity index (χ0n) is 11.9. The van der Waals surface area contributed by atoms with E-state index in [4.69, 9.17) is 15.2 Å². The zero-order chi connectivity index (χ0) is 14.7. The quantitative estimate of drug-likeness (QED) is 0.734. The first-order chi connectivity index (χ1) is 10.3. The van der Waals surface area contributed by atoms with E-state index in [1.54, 1.807) is 7.11 Å². The largest absolute Gasteiger partial charge is 0.496 e. The van der Waals surface area contributed by atoms with Crippen LogP contribution < -0.4 is 15.2 Å². The number of nitrogen functional groups attached to an aromatic ring is 1. The van der Waals surface area contributed by atoms with Gasteiger partial charge in [-0.05, 0) is 18.2 Å². The highest BCUT2D eigenvalue weighted by Crippen LogP contribution is 2.31. The standard InChI is InChI=1S/C18H17NO2/c1-20-17-9-5-2-6-13(17)12-21-18-11-10-16(19)14-7-3-4-8-15(14)18/h2-11H,12,19H2,1H3. The number of rotatable bonds is 4. The lowest BCUT2D eigenvalue weighted by molar-refractivity contribution is 0.300. The van der Waals surface area contributed by atoms with E-state index in [1.807, 2.05) is 60.7 Å². The number of anilines is 1. The van der Waals surface area contributed by atoms with Crippen molar-refractivity contribution in [3.8, 4) is 11.5 Å². The molecule has 0 amide bonds. The molecule has 0 saturated carbocycles. The van der Waals surface area contributed by atoms with Gasteiger partial charge in [0.1, 0.15) is 18.1 Å². The predicted molar refractivity (Wildman–Crippen MR) is 85.7 cm³/mol. The first-order valence-electron chi connectivity index (χ1n) is 6.81. The second kappa shape index (κ2) is 5.75. The molecule has 0 saturated heterocycles. The van der Waals surface area contributed by atoms with Crippen molar-refractivity contribution in [3.63, 3.8) is 0 Å². The van der Waals surface area contributed by atoms with Gasteiger partial charge in [-0.3, -0.25) is 0 Å². The molecule has 3 heteroatoms. The minimum absolute atomic E-state index is 0.456. The van der Waals surface area contributed by atoms with E-state index in [0.29, 0.717) is 6.61 Å². The SMILES string of the molecule is COc1ccccc1COc1ccc(N)c2ccccc12. The van der Waals surface area contributed by atoms with Crippen LogP contribution in [-0.2, 0) is 6.61 Å². The second-order valence-electron chi connectivity index (χ2n) is 4.80. The van der Waals surface area contributed by atoms with Crippen LogP contribution in [0.4, 0.5) is 5.69 Å². The van der Waals surface area contributed by atoms with E-state index < -0.39 is 0 Å². The number of ether oxygens (including phenoxy) is 2. The summed E-state index contributed by atoms with van der Waals surface area (Å²) in [5.41, 5.74) is 7.78. The number of para-hydroxylation sites is 1. The van der Waals surface area contributed by atoms with Crippen LogP contribution in [0.15, 0.2) is 60.7 Å².